The molecule has 0 saturated heterocycles. The first-order valence-electron chi connectivity index (χ1n) is 5.99. The van der Waals surface area contributed by atoms with Crippen LogP contribution in [-0.4, -0.2) is 17.0 Å². The molecular weight excluding hydrogens is 341 g/mol. The van der Waals surface area contributed by atoms with Crippen LogP contribution in [0.1, 0.15) is 26.3 Å². The highest BCUT2D eigenvalue weighted by Gasteiger charge is 2.13. The number of carboxylic acids is 1. The first-order chi connectivity index (χ1) is 9.88. The zero-order valence-electron chi connectivity index (χ0n) is 11.0. The lowest BCUT2D eigenvalue weighted by Crippen LogP contribution is -2.14. The van der Waals surface area contributed by atoms with E-state index in [2.05, 4.69) is 21.2 Å². The summed E-state index contributed by atoms with van der Waals surface area (Å²) in [5.74, 6) is -2.48. The fraction of sp³-hybridized carbons (Fsp3) is 0.0667. The van der Waals surface area contributed by atoms with E-state index in [-0.39, 0.29) is 11.3 Å². The summed E-state index contributed by atoms with van der Waals surface area (Å²) in [6.45, 7) is 1.77. The van der Waals surface area contributed by atoms with Gasteiger partial charge >= 0.3 is 5.97 Å². The number of carboxylic acid groups (broad SMARTS) is 1. The number of hydrogen-bond donors (Lipinski definition) is 2. The third-order valence-corrected chi connectivity index (χ3v) is 3.39. The molecule has 0 aromatic heterocycles. The van der Waals surface area contributed by atoms with Gasteiger partial charge in [-0.2, -0.15) is 0 Å². The monoisotopic (exact) mass is 351 g/mol. The molecule has 2 rings (SSSR count). The standard InChI is InChI=1S/C15H11BrFNO3/c1-8-6-10(16)3-4-11(8)14(19)18-13-5-2-9(15(20)21)7-12(13)17/h2-7H,1H3,(H,18,19)(H,20,21). The summed E-state index contributed by atoms with van der Waals surface area (Å²) in [7, 11) is 0. The van der Waals surface area contributed by atoms with Gasteiger partial charge in [-0.1, -0.05) is 15.9 Å². The smallest absolute Gasteiger partial charge is 0.335 e. The van der Waals surface area contributed by atoms with E-state index in [1.54, 1.807) is 25.1 Å². The molecule has 0 saturated carbocycles. The average Bonchev–Trinajstić information content (AvgIpc) is 2.40. The van der Waals surface area contributed by atoms with Crippen molar-refractivity contribution in [3.63, 3.8) is 0 Å². The van der Waals surface area contributed by atoms with Crippen LogP contribution in [0.25, 0.3) is 0 Å². The topological polar surface area (TPSA) is 66.4 Å². The van der Waals surface area contributed by atoms with Crippen molar-refractivity contribution in [2.75, 3.05) is 5.32 Å². The van der Waals surface area contributed by atoms with E-state index in [1.807, 2.05) is 0 Å². The van der Waals surface area contributed by atoms with Gasteiger partial charge in [-0.05, 0) is 48.9 Å². The Hall–Kier alpha value is -2.21. The van der Waals surface area contributed by atoms with Crippen LogP contribution in [0.15, 0.2) is 40.9 Å². The highest BCUT2D eigenvalue weighted by molar-refractivity contribution is 9.10. The number of amides is 1. The van der Waals surface area contributed by atoms with E-state index in [9.17, 15) is 14.0 Å². The molecule has 0 aliphatic rings. The fourth-order valence-electron chi connectivity index (χ4n) is 1.82. The van der Waals surface area contributed by atoms with Gasteiger partial charge in [0, 0.05) is 10.0 Å². The lowest BCUT2D eigenvalue weighted by molar-refractivity contribution is 0.0696. The van der Waals surface area contributed by atoms with Crippen molar-refractivity contribution in [2.45, 2.75) is 6.92 Å². The molecular formula is C15H11BrFNO3. The summed E-state index contributed by atoms with van der Waals surface area (Å²) in [6.07, 6.45) is 0. The van der Waals surface area contributed by atoms with E-state index in [1.165, 1.54) is 12.1 Å². The molecule has 0 spiro atoms. The molecule has 21 heavy (non-hydrogen) atoms. The molecule has 1 amide bonds. The predicted octanol–water partition coefficient (Wildman–Crippen LogP) is 3.85. The molecule has 2 aromatic rings. The van der Waals surface area contributed by atoms with E-state index in [0.717, 1.165) is 16.1 Å². The van der Waals surface area contributed by atoms with Gasteiger partial charge in [0.25, 0.3) is 5.91 Å². The van der Waals surface area contributed by atoms with Gasteiger partial charge < -0.3 is 10.4 Å². The van der Waals surface area contributed by atoms with Crippen LogP contribution in [0.5, 0.6) is 0 Å². The number of halogens is 2. The Labute approximate surface area is 128 Å². The average molecular weight is 352 g/mol. The second-order valence-electron chi connectivity index (χ2n) is 4.41. The highest BCUT2D eigenvalue weighted by Crippen LogP contribution is 2.20. The SMILES string of the molecule is Cc1cc(Br)ccc1C(=O)Nc1ccc(C(=O)O)cc1F. The normalized spacial score (nSPS) is 10.2. The molecule has 0 aliphatic carbocycles. The molecule has 0 aliphatic heterocycles. The molecule has 6 heteroatoms. The first-order valence-corrected chi connectivity index (χ1v) is 6.78. The maximum atomic E-state index is 13.8. The van der Waals surface area contributed by atoms with Crippen molar-refractivity contribution in [3.05, 3.63) is 63.4 Å². The minimum atomic E-state index is -1.23. The Morgan fingerprint density at radius 2 is 1.90 bits per heavy atom. The molecule has 0 heterocycles. The summed E-state index contributed by atoms with van der Waals surface area (Å²) in [5.41, 5.74) is 0.919. The maximum Gasteiger partial charge on any atom is 0.335 e. The van der Waals surface area contributed by atoms with Crippen molar-refractivity contribution < 1.29 is 19.1 Å². The number of nitrogens with one attached hydrogen (secondary N) is 1. The molecule has 2 aromatic carbocycles. The molecule has 108 valence electrons. The number of rotatable bonds is 3. The fourth-order valence-corrected chi connectivity index (χ4v) is 2.30. The lowest BCUT2D eigenvalue weighted by Gasteiger charge is -2.09. The van der Waals surface area contributed by atoms with Crippen LogP contribution in [0, 0.1) is 12.7 Å². The molecule has 0 bridgehead atoms. The summed E-state index contributed by atoms with van der Waals surface area (Å²) in [4.78, 5) is 22.8. The van der Waals surface area contributed by atoms with Crippen LogP contribution in [0.4, 0.5) is 10.1 Å². The van der Waals surface area contributed by atoms with Crippen molar-refractivity contribution in [1.82, 2.24) is 0 Å². The van der Waals surface area contributed by atoms with Gasteiger partial charge in [-0.15, -0.1) is 0 Å². The second-order valence-corrected chi connectivity index (χ2v) is 5.33. The van der Waals surface area contributed by atoms with Crippen molar-refractivity contribution in [3.8, 4) is 0 Å². The van der Waals surface area contributed by atoms with Gasteiger partial charge in [-0.25, -0.2) is 9.18 Å². The summed E-state index contributed by atoms with van der Waals surface area (Å²) < 4.78 is 14.6. The zero-order valence-corrected chi connectivity index (χ0v) is 12.6. The van der Waals surface area contributed by atoms with Gasteiger partial charge in [0.2, 0.25) is 0 Å². The van der Waals surface area contributed by atoms with Gasteiger partial charge in [-0.3, -0.25) is 4.79 Å². The number of benzene rings is 2. The van der Waals surface area contributed by atoms with Crippen LogP contribution < -0.4 is 5.32 Å². The third-order valence-electron chi connectivity index (χ3n) is 2.90. The third kappa shape index (κ3) is 3.46. The van der Waals surface area contributed by atoms with Crippen LogP contribution in [0.2, 0.25) is 0 Å². The van der Waals surface area contributed by atoms with E-state index in [4.69, 9.17) is 5.11 Å². The van der Waals surface area contributed by atoms with Gasteiger partial charge in [0.05, 0.1) is 11.3 Å². The number of carbonyl (C=O) groups excluding carboxylic acids is 1. The highest BCUT2D eigenvalue weighted by atomic mass is 79.9. The molecule has 0 fully saturated rings. The number of aryl methyl sites for hydroxylation is 1. The largest absolute Gasteiger partial charge is 0.478 e. The lowest BCUT2D eigenvalue weighted by atomic mass is 10.1. The number of aromatic carboxylic acids is 1. The van der Waals surface area contributed by atoms with Crippen LogP contribution >= 0.6 is 15.9 Å². The summed E-state index contributed by atoms with van der Waals surface area (Å²) in [6, 6.07) is 8.44. The van der Waals surface area contributed by atoms with Crippen LogP contribution in [0.3, 0.4) is 0 Å². The van der Waals surface area contributed by atoms with E-state index < -0.39 is 17.7 Å². The van der Waals surface area contributed by atoms with E-state index >= 15 is 0 Å². The van der Waals surface area contributed by atoms with Crippen LogP contribution in [-0.2, 0) is 0 Å². The number of anilines is 1. The summed E-state index contributed by atoms with van der Waals surface area (Å²) in [5, 5.41) is 11.2. The van der Waals surface area contributed by atoms with E-state index in [0.29, 0.717) is 5.56 Å². The Morgan fingerprint density at radius 3 is 2.48 bits per heavy atom. The van der Waals surface area contributed by atoms with Crippen molar-refractivity contribution >= 4 is 33.5 Å². The summed E-state index contributed by atoms with van der Waals surface area (Å²) >= 11 is 3.30. The quantitative estimate of drug-likeness (QED) is 0.882. The Bertz CT molecular complexity index is 731. The first kappa shape index (κ1) is 15.2. The molecule has 2 N–H and O–H groups in total. The van der Waals surface area contributed by atoms with Crippen molar-refractivity contribution in [2.24, 2.45) is 0 Å². The molecule has 0 unspecified atom stereocenters. The number of carbonyl (C=O) groups is 2. The molecule has 4 nitrogen and oxygen atoms in total. The van der Waals surface area contributed by atoms with Gasteiger partial charge in [0.15, 0.2) is 0 Å². The maximum absolute atomic E-state index is 13.8. The van der Waals surface area contributed by atoms with Crippen molar-refractivity contribution in [1.29, 1.82) is 0 Å². The number of hydrogen-bond acceptors (Lipinski definition) is 2. The minimum Gasteiger partial charge on any atom is -0.478 e. The zero-order chi connectivity index (χ0) is 15.6. The Kier molecular flexibility index (Phi) is 4.37. The minimum absolute atomic E-state index is 0.0627. The van der Waals surface area contributed by atoms with Gasteiger partial charge in [0.1, 0.15) is 5.82 Å². The molecule has 0 radical (unpaired) electrons. The Morgan fingerprint density at radius 1 is 1.19 bits per heavy atom. The second kappa shape index (κ2) is 6.05. The molecule has 0 atom stereocenters. The Balaban J connectivity index is 2.25. The predicted molar refractivity (Wildman–Crippen MR) is 80.2 cm³/mol.